The monoisotopic (exact) mass is 1430 g/mol. The maximum absolute atomic E-state index is 15.5. The predicted molar refractivity (Wildman–Crippen MR) is 368 cm³/mol. The molecule has 8 rings (SSSR count). The fraction of sp³-hybridized carbons (Fsp3) is 0.833. The average molecular weight is 1430 g/mol. The van der Waals surface area contributed by atoms with Gasteiger partial charge in [-0.3, -0.25) is 57.5 Å². The Labute approximate surface area is 594 Å². The highest BCUT2D eigenvalue weighted by atomic mass is 35.5. The number of carbonyl (C=O) groups is 12. The minimum atomic E-state index is -4.51. The number of fused-ring (bicyclic) bond motifs is 3. The van der Waals surface area contributed by atoms with Crippen molar-refractivity contribution in [2.75, 3.05) is 74.5 Å². The molecule has 0 aromatic carbocycles. The zero-order valence-electron chi connectivity index (χ0n) is 61.1. The lowest BCUT2D eigenvalue weighted by Crippen LogP contribution is -2.69. The summed E-state index contributed by atoms with van der Waals surface area (Å²) in [5, 5.41) is 7.66. The van der Waals surface area contributed by atoms with E-state index in [1.807, 2.05) is 20.8 Å². The first-order chi connectivity index (χ1) is 47.2. The molecule has 5 heterocycles. The minimum absolute atomic E-state index is 0.00397. The van der Waals surface area contributed by atoms with Gasteiger partial charge in [0, 0.05) is 73.3 Å². The normalized spacial score (nSPS) is 31.4. The fourth-order valence-electron chi connectivity index (χ4n) is 16.9. The second-order valence-electron chi connectivity index (χ2n) is 31.3. The molecular formula is C72H114ClF3N12O12. The number of hydrogen-bond donors (Lipinski definition) is 3. The van der Waals surface area contributed by atoms with Crippen LogP contribution in [-0.2, 0) is 57.5 Å². The third-order valence-electron chi connectivity index (χ3n) is 23.6. The van der Waals surface area contributed by atoms with E-state index in [1.165, 1.54) is 74.4 Å². The van der Waals surface area contributed by atoms with Gasteiger partial charge in [-0.05, 0) is 132 Å². The molecule has 0 bridgehead atoms. The number of amides is 12. The molecule has 0 radical (unpaired) electrons. The lowest BCUT2D eigenvalue weighted by Gasteiger charge is -2.49. The largest absolute Gasteiger partial charge is 0.393 e. The van der Waals surface area contributed by atoms with Crippen molar-refractivity contribution < 1.29 is 70.7 Å². The number of likely N-dealkylation sites (N-methyl/N-ethyl adjacent to an activating group) is 5. The molecule has 8 aliphatic rings. The van der Waals surface area contributed by atoms with E-state index < -0.39 is 173 Å². The van der Waals surface area contributed by atoms with E-state index in [2.05, 4.69) is 16.0 Å². The predicted octanol–water partition coefficient (Wildman–Crippen LogP) is 5.85. The minimum Gasteiger partial charge on any atom is -0.343 e. The molecule has 3 unspecified atom stereocenters. The summed E-state index contributed by atoms with van der Waals surface area (Å²) in [5.74, 6) is -10.4. The molecule has 0 aromatic heterocycles. The number of alkyl halides is 4. The summed E-state index contributed by atoms with van der Waals surface area (Å²) in [7, 11) is 7.27. The maximum atomic E-state index is 15.5. The molecule has 1 spiro atoms. The molecule has 5 aliphatic heterocycles. The van der Waals surface area contributed by atoms with Crippen LogP contribution in [0.4, 0.5) is 13.2 Å². The van der Waals surface area contributed by atoms with Gasteiger partial charge < -0.3 is 60.0 Å². The highest BCUT2D eigenvalue weighted by Crippen LogP contribution is 2.44. The van der Waals surface area contributed by atoms with E-state index >= 15 is 28.8 Å². The second-order valence-corrected chi connectivity index (χ2v) is 31.8. The summed E-state index contributed by atoms with van der Waals surface area (Å²) in [6.07, 6.45) is 5.02. The highest BCUT2D eigenvalue weighted by molar-refractivity contribution is 6.21. The molecule has 12 amide bonds. The Balaban J connectivity index is 1.15. The van der Waals surface area contributed by atoms with E-state index in [9.17, 15) is 41.9 Å². The summed E-state index contributed by atoms with van der Waals surface area (Å²) < 4.78 is 42.0. The van der Waals surface area contributed by atoms with Gasteiger partial charge in [0.15, 0.2) is 0 Å². The van der Waals surface area contributed by atoms with Gasteiger partial charge in [0.1, 0.15) is 59.9 Å². The highest BCUT2D eigenvalue weighted by Gasteiger charge is 2.53. The molecular weight excluding hydrogens is 1320 g/mol. The van der Waals surface area contributed by atoms with E-state index in [4.69, 9.17) is 11.6 Å². The Kier molecular flexibility index (Phi) is 27.3. The van der Waals surface area contributed by atoms with Crippen molar-refractivity contribution in [2.24, 2.45) is 35.5 Å². The zero-order chi connectivity index (χ0) is 73.4. The van der Waals surface area contributed by atoms with Gasteiger partial charge >= 0.3 is 6.18 Å². The third-order valence-corrected chi connectivity index (χ3v) is 24.1. The van der Waals surface area contributed by atoms with E-state index in [0.717, 1.165) is 38.5 Å². The second kappa shape index (κ2) is 34.3. The molecule has 100 heavy (non-hydrogen) atoms. The molecule has 24 nitrogen and oxygen atoms in total. The first-order valence-corrected chi connectivity index (χ1v) is 37.8. The van der Waals surface area contributed by atoms with Crippen molar-refractivity contribution >= 4 is 82.5 Å². The van der Waals surface area contributed by atoms with Crippen LogP contribution < -0.4 is 16.0 Å². The van der Waals surface area contributed by atoms with Gasteiger partial charge in [0.2, 0.25) is 70.9 Å². The molecule has 562 valence electrons. The van der Waals surface area contributed by atoms with Crippen LogP contribution in [0.15, 0.2) is 0 Å². The van der Waals surface area contributed by atoms with Crippen LogP contribution in [0.3, 0.4) is 0 Å². The Bertz CT molecular complexity index is 2980. The number of carbonyl (C=O) groups excluding carboxylic acids is 12. The first kappa shape index (κ1) is 79.4. The van der Waals surface area contributed by atoms with E-state index in [-0.39, 0.29) is 114 Å². The lowest BCUT2D eigenvalue weighted by atomic mass is 9.78. The standard InChI is InChI=1S/C72H114ClF3N12O12/c1-12-45(6)59-68(98)88-37-30-53(88)67(97)87-36-29-52(87)65(95)82(9)55(40-46-22-15-13-16-23-46)64(94)80(7)42-57(89)77-50(28-26-47-25-27-48(49(73)39-47)72(74,75)76)63(93)86-35-21-24-51(86)62(92)79-71(31-17-18-32-71)70(100)84(11)60(44(4)5)69(99)83(10)56(66(96)85-33-19-14-20-34-85)41-58(90)81(8)54(38-43(2)3)61(91)78-59/h43-56,59-60H,12-42H2,1-11H3,(H,77,89)(H,78,91)(H,79,92)/t45-,47?,48?,49?,50-,51-,52-,53-,54-,55-,56-,59-,60-/m0/s1. The van der Waals surface area contributed by atoms with Gasteiger partial charge in [0.05, 0.1) is 18.9 Å². The Morgan fingerprint density at radius 1 is 0.580 bits per heavy atom. The van der Waals surface area contributed by atoms with Crippen molar-refractivity contribution in [1.29, 1.82) is 0 Å². The summed E-state index contributed by atoms with van der Waals surface area (Å²) in [6, 6.07) is -10.5. The van der Waals surface area contributed by atoms with E-state index in [0.29, 0.717) is 51.6 Å². The van der Waals surface area contributed by atoms with Crippen molar-refractivity contribution in [3.8, 4) is 0 Å². The smallest absolute Gasteiger partial charge is 0.343 e. The van der Waals surface area contributed by atoms with Crippen LogP contribution in [0, 0.1) is 35.5 Å². The summed E-state index contributed by atoms with van der Waals surface area (Å²) in [5.41, 5.74) is -1.56. The van der Waals surface area contributed by atoms with Crippen molar-refractivity contribution in [1.82, 2.24) is 60.0 Å². The number of hydrogen-bond acceptors (Lipinski definition) is 12. The maximum Gasteiger partial charge on any atom is 0.393 e. The Hall–Kier alpha value is -6.28. The average Bonchev–Trinajstić information content (AvgIpc) is 0.896. The zero-order valence-corrected chi connectivity index (χ0v) is 61.8. The van der Waals surface area contributed by atoms with Gasteiger partial charge in [0.25, 0.3) is 0 Å². The number of halogens is 4. The molecule has 3 aliphatic carbocycles. The number of piperidine rings is 1. The number of rotatable bonds is 11. The quantitative estimate of drug-likeness (QED) is 0.206. The molecule has 3 saturated carbocycles. The molecule has 0 aromatic rings. The Morgan fingerprint density at radius 2 is 1.19 bits per heavy atom. The fourth-order valence-corrected chi connectivity index (χ4v) is 17.5. The van der Waals surface area contributed by atoms with Crippen LogP contribution in [0.1, 0.15) is 202 Å². The SMILES string of the molecule is CC[C@H](C)[C@@H]1NC(=O)[C@H](CC(C)C)N(C)C(=O)C[C@@H](C(=O)N2CCCCC2)N(C)C(=O)[C@H](C(C)C)N(C)C(=O)C2(CCCC2)NC(=O)[C@@H]2CCCN2C(=O)[C@H](CCC2CCC(C(F)(F)F)C(Cl)C2)NC(=O)CN(C)C(=O)[C@H](CC2CCCCC2)N(C)C(=O)[C@@H]2CCN2C(=O)[C@@H]2CCN2C1=O. The summed E-state index contributed by atoms with van der Waals surface area (Å²) in [6.45, 7) is 11.5. The number of nitrogens with zero attached hydrogens (tertiary/aromatic N) is 9. The molecule has 28 heteroatoms. The van der Waals surface area contributed by atoms with Crippen LogP contribution in [-0.4, -0.2) is 261 Å². The molecule has 3 N–H and O–H groups in total. The topological polar surface area (TPSA) is 270 Å². The van der Waals surface area contributed by atoms with Gasteiger partial charge in [-0.25, -0.2) is 0 Å². The summed E-state index contributed by atoms with van der Waals surface area (Å²) >= 11 is 6.41. The van der Waals surface area contributed by atoms with Crippen LogP contribution >= 0.6 is 11.6 Å². The summed E-state index contributed by atoms with van der Waals surface area (Å²) in [4.78, 5) is 192. The van der Waals surface area contributed by atoms with Crippen LogP contribution in [0.25, 0.3) is 0 Å². The molecule has 13 atom stereocenters. The first-order valence-electron chi connectivity index (χ1n) is 37.4. The van der Waals surface area contributed by atoms with Gasteiger partial charge in [-0.1, -0.05) is 92.9 Å². The van der Waals surface area contributed by atoms with Crippen molar-refractivity contribution in [2.45, 2.75) is 274 Å². The number of nitrogens with one attached hydrogen (secondary N) is 3. The van der Waals surface area contributed by atoms with E-state index in [1.54, 1.807) is 25.7 Å². The van der Waals surface area contributed by atoms with Gasteiger partial charge in [-0.15, -0.1) is 11.6 Å². The van der Waals surface area contributed by atoms with Gasteiger partial charge in [-0.2, -0.15) is 13.2 Å². The molecule has 5 saturated heterocycles. The number of likely N-dealkylation sites (tertiary alicyclic amines) is 1. The third kappa shape index (κ3) is 18.2. The van der Waals surface area contributed by atoms with Crippen LogP contribution in [0.5, 0.6) is 0 Å². The molecule has 8 fully saturated rings. The van der Waals surface area contributed by atoms with Crippen molar-refractivity contribution in [3.63, 3.8) is 0 Å². The Morgan fingerprint density at radius 3 is 1.77 bits per heavy atom. The van der Waals surface area contributed by atoms with Crippen LogP contribution in [0.2, 0.25) is 0 Å². The lowest BCUT2D eigenvalue weighted by molar-refractivity contribution is -0.182. The van der Waals surface area contributed by atoms with Crippen molar-refractivity contribution in [3.05, 3.63) is 0 Å².